The number of aliphatic hydroxyl groups excluding tert-OH is 1. The van der Waals surface area contributed by atoms with Gasteiger partial charge in [-0.05, 0) is 36.6 Å². The second-order valence-electron chi connectivity index (χ2n) is 5.87. The minimum Gasteiger partial charge on any atom is -0.508 e. The van der Waals surface area contributed by atoms with E-state index < -0.39 is 29.4 Å². The summed E-state index contributed by atoms with van der Waals surface area (Å²) in [5.41, 5.74) is -1.05. The lowest BCUT2D eigenvalue weighted by Crippen LogP contribution is -2.57. The van der Waals surface area contributed by atoms with Gasteiger partial charge in [0.2, 0.25) is 0 Å². The van der Waals surface area contributed by atoms with Gasteiger partial charge in [-0.2, -0.15) is 0 Å². The highest BCUT2D eigenvalue weighted by Crippen LogP contribution is 2.49. The zero-order valence-electron chi connectivity index (χ0n) is 11.8. The van der Waals surface area contributed by atoms with Crippen molar-refractivity contribution in [1.29, 1.82) is 0 Å². The number of phenols is 2. The molecule has 6 nitrogen and oxygen atoms in total. The first kappa shape index (κ1) is 14.6. The summed E-state index contributed by atoms with van der Waals surface area (Å²) in [6.07, 6.45) is -1.11. The monoisotopic (exact) mass is 304 g/mol. The van der Waals surface area contributed by atoms with Gasteiger partial charge in [-0.3, -0.25) is 9.59 Å². The molecule has 2 aliphatic heterocycles. The number of fused-ring (bicyclic) bond motifs is 3. The second-order valence-corrected chi connectivity index (χ2v) is 5.87. The molecule has 3 aliphatic rings. The fourth-order valence-corrected chi connectivity index (χ4v) is 3.22. The molecule has 2 bridgehead atoms. The minimum atomic E-state index is -1.36. The predicted octanol–water partition coefficient (Wildman–Crippen LogP) is 1.29. The van der Waals surface area contributed by atoms with E-state index in [0.29, 0.717) is 18.4 Å². The van der Waals surface area contributed by atoms with Crippen LogP contribution in [0.15, 0.2) is 30.4 Å². The number of ether oxygens (including phenoxy) is 1. The molecule has 3 unspecified atom stereocenters. The first-order valence-electron chi connectivity index (χ1n) is 6.98. The van der Waals surface area contributed by atoms with Gasteiger partial charge in [0, 0.05) is 6.42 Å². The molecule has 116 valence electrons. The van der Waals surface area contributed by atoms with E-state index in [-0.39, 0.29) is 23.5 Å². The van der Waals surface area contributed by atoms with Gasteiger partial charge >= 0.3 is 5.97 Å². The summed E-state index contributed by atoms with van der Waals surface area (Å²) in [7, 11) is 0. The Morgan fingerprint density at radius 3 is 2.82 bits per heavy atom. The van der Waals surface area contributed by atoms with Gasteiger partial charge in [0.25, 0.3) is 0 Å². The van der Waals surface area contributed by atoms with Crippen molar-refractivity contribution in [2.45, 2.75) is 31.5 Å². The van der Waals surface area contributed by atoms with Crippen LogP contribution in [0.1, 0.15) is 29.6 Å². The van der Waals surface area contributed by atoms with E-state index in [1.165, 1.54) is 12.1 Å². The molecule has 2 heterocycles. The summed E-state index contributed by atoms with van der Waals surface area (Å²) in [6.45, 7) is 3.74. The quantitative estimate of drug-likeness (QED) is 0.336. The van der Waals surface area contributed by atoms with Crippen LogP contribution in [0, 0.1) is 5.41 Å². The van der Waals surface area contributed by atoms with Gasteiger partial charge in [-0.15, -0.1) is 0 Å². The van der Waals surface area contributed by atoms with Crippen molar-refractivity contribution in [3.63, 3.8) is 0 Å². The number of phenolic OH excluding ortho intramolecular Hbond substituents is 2. The summed E-state index contributed by atoms with van der Waals surface area (Å²) in [5, 5.41) is 29.6. The molecule has 0 spiro atoms. The maximum atomic E-state index is 12.4. The lowest BCUT2D eigenvalue weighted by Gasteiger charge is -2.48. The molecule has 3 N–H and O–H groups in total. The summed E-state index contributed by atoms with van der Waals surface area (Å²) in [5.74, 6) is -1.61. The molecule has 1 saturated carbocycles. The van der Waals surface area contributed by atoms with Crippen molar-refractivity contribution in [2.75, 3.05) is 0 Å². The third-order valence-electron chi connectivity index (χ3n) is 4.55. The first-order chi connectivity index (χ1) is 10.3. The Balaban J connectivity index is 1.93. The average molecular weight is 304 g/mol. The van der Waals surface area contributed by atoms with Gasteiger partial charge in [0.15, 0.2) is 5.78 Å². The lowest BCUT2D eigenvalue weighted by molar-refractivity contribution is -0.187. The Hall–Kier alpha value is -2.34. The van der Waals surface area contributed by atoms with Gasteiger partial charge in [-0.25, -0.2) is 0 Å². The zero-order chi connectivity index (χ0) is 16.1. The van der Waals surface area contributed by atoms with Crippen LogP contribution in [0.3, 0.4) is 0 Å². The third-order valence-corrected chi connectivity index (χ3v) is 4.55. The molecule has 0 radical (unpaired) electrons. The largest absolute Gasteiger partial charge is 0.508 e. The SMILES string of the molecule is C=C1C2CCC(CC(=O)c3cc(O)ccc3O)(C(=O)O2)C1O. The Morgan fingerprint density at radius 2 is 2.14 bits per heavy atom. The van der Waals surface area contributed by atoms with Crippen LogP contribution in [-0.2, 0) is 9.53 Å². The molecule has 2 saturated heterocycles. The zero-order valence-corrected chi connectivity index (χ0v) is 11.8. The molecule has 1 aromatic rings. The van der Waals surface area contributed by atoms with E-state index in [1.807, 2.05) is 0 Å². The maximum absolute atomic E-state index is 12.4. The number of Topliss-reactive ketones (excluding diaryl/α,β-unsaturated/α-hetero) is 1. The molecule has 0 aromatic heterocycles. The van der Waals surface area contributed by atoms with Crippen molar-refractivity contribution in [2.24, 2.45) is 5.41 Å². The predicted molar refractivity (Wildman–Crippen MR) is 75.4 cm³/mol. The Kier molecular flexibility index (Phi) is 3.21. The van der Waals surface area contributed by atoms with Crippen LogP contribution in [0.25, 0.3) is 0 Å². The van der Waals surface area contributed by atoms with Crippen LogP contribution < -0.4 is 0 Å². The molecule has 0 amide bonds. The van der Waals surface area contributed by atoms with Gasteiger partial charge in [-0.1, -0.05) is 6.58 Å². The lowest BCUT2D eigenvalue weighted by atomic mass is 9.64. The number of carbonyl (C=O) groups is 2. The first-order valence-corrected chi connectivity index (χ1v) is 6.98. The van der Waals surface area contributed by atoms with E-state index >= 15 is 0 Å². The number of benzene rings is 1. The van der Waals surface area contributed by atoms with Gasteiger partial charge in [0.05, 0.1) is 11.7 Å². The molecule has 3 atom stereocenters. The van der Waals surface area contributed by atoms with Crippen LogP contribution in [0.5, 0.6) is 11.5 Å². The topological polar surface area (TPSA) is 104 Å². The number of rotatable bonds is 3. The molecule has 1 aromatic carbocycles. The highest BCUT2D eigenvalue weighted by molar-refractivity contribution is 6.02. The molecule has 4 rings (SSSR count). The highest BCUT2D eigenvalue weighted by Gasteiger charge is 2.58. The molecule has 3 fully saturated rings. The van der Waals surface area contributed by atoms with Crippen molar-refractivity contribution < 1.29 is 29.6 Å². The summed E-state index contributed by atoms with van der Waals surface area (Å²) < 4.78 is 5.20. The number of carbonyl (C=O) groups excluding carboxylic acids is 2. The fraction of sp³-hybridized carbons (Fsp3) is 0.375. The Bertz CT molecular complexity index is 679. The maximum Gasteiger partial charge on any atom is 0.316 e. The fourth-order valence-electron chi connectivity index (χ4n) is 3.22. The Morgan fingerprint density at radius 1 is 1.41 bits per heavy atom. The third kappa shape index (κ3) is 1.99. The van der Waals surface area contributed by atoms with E-state index in [2.05, 4.69) is 6.58 Å². The average Bonchev–Trinajstić information content (AvgIpc) is 2.48. The van der Waals surface area contributed by atoms with Crippen molar-refractivity contribution in [1.82, 2.24) is 0 Å². The number of hydrogen-bond acceptors (Lipinski definition) is 6. The number of aliphatic hydroxyl groups is 1. The molecule has 6 heteroatoms. The summed E-state index contributed by atoms with van der Waals surface area (Å²) >= 11 is 0. The smallest absolute Gasteiger partial charge is 0.316 e. The van der Waals surface area contributed by atoms with Gasteiger partial charge in [0.1, 0.15) is 23.0 Å². The standard InChI is InChI=1S/C16H16O6/c1-8-13-4-5-16(14(8)20,15(21)22-13)7-12(19)10-6-9(17)2-3-11(10)18/h2-3,6,13-14,17-18,20H,1,4-5,7H2. The molecule has 1 aliphatic carbocycles. The molecule has 22 heavy (non-hydrogen) atoms. The van der Waals surface area contributed by atoms with Crippen LogP contribution in [0.2, 0.25) is 0 Å². The summed E-state index contributed by atoms with van der Waals surface area (Å²) in [6, 6.07) is 3.59. The van der Waals surface area contributed by atoms with E-state index in [0.717, 1.165) is 6.07 Å². The Labute approximate surface area is 126 Å². The summed E-state index contributed by atoms with van der Waals surface area (Å²) in [4.78, 5) is 24.6. The minimum absolute atomic E-state index is 0.0901. The van der Waals surface area contributed by atoms with Crippen molar-refractivity contribution in [3.8, 4) is 11.5 Å². The van der Waals surface area contributed by atoms with Crippen molar-refractivity contribution >= 4 is 11.8 Å². The number of ketones is 1. The van der Waals surface area contributed by atoms with Crippen LogP contribution in [0.4, 0.5) is 0 Å². The van der Waals surface area contributed by atoms with E-state index in [9.17, 15) is 24.9 Å². The van der Waals surface area contributed by atoms with Gasteiger partial charge < -0.3 is 20.1 Å². The molecular formula is C16H16O6. The number of hydrogen-bond donors (Lipinski definition) is 3. The van der Waals surface area contributed by atoms with E-state index in [4.69, 9.17) is 4.74 Å². The van der Waals surface area contributed by atoms with Crippen LogP contribution >= 0.6 is 0 Å². The number of aromatic hydroxyl groups is 2. The highest BCUT2D eigenvalue weighted by atomic mass is 16.6. The van der Waals surface area contributed by atoms with Crippen LogP contribution in [-0.4, -0.2) is 39.3 Å². The number of esters is 1. The molecular weight excluding hydrogens is 288 g/mol. The normalized spacial score (nSPS) is 30.2. The van der Waals surface area contributed by atoms with Crippen molar-refractivity contribution in [3.05, 3.63) is 35.9 Å². The second kappa shape index (κ2) is 4.84. The van der Waals surface area contributed by atoms with E-state index in [1.54, 1.807) is 0 Å².